The molecule has 132 valence electrons. The van der Waals surface area contributed by atoms with Crippen molar-refractivity contribution in [3.63, 3.8) is 0 Å². The predicted octanol–water partition coefficient (Wildman–Crippen LogP) is 3.52. The molecule has 0 bridgehead atoms. The lowest BCUT2D eigenvalue weighted by Gasteiger charge is -2.34. The quantitative estimate of drug-likeness (QED) is 0.855. The first-order chi connectivity index (χ1) is 12.3. The summed E-state index contributed by atoms with van der Waals surface area (Å²) in [6.45, 7) is 7.94. The number of likely N-dealkylation sites (tertiary alicyclic amines) is 1. The van der Waals surface area contributed by atoms with Crippen LogP contribution in [0.4, 0.5) is 5.82 Å². The second-order valence-corrected chi connectivity index (χ2v) is 7.66. The molecule has 0 amide bonds. The highest BCUT2D eigenvalue weighted by Crippen LogP contribution is 2.33. The third kappa shape index (κ3) is 4.01. The molecule has 2 aromatic rings. The molecule has 4 heteroatoms. The average molecular weight is 336 g/mol. The lowest BCUT2D eigenvalue weighted by molar-refractivity contribution is 0.147. The van der Waals surface area contributed by atoms with E-state index in [2.05, 4.69) is 44.9 Å². The lowest BCUT2D eigenvalue weighted by atomic mass is 9.83. The van der Waals surface area contributed by atoms with Gasteiger partial charge in [0.1, 0.15) is 5.82 Å². The maximum atomic E-state index is 4.61. The molecule has 4 rings (SSSR count). The molecule has 2 aliphatic heterocycles. The van der Waals surface area contributed by atoms with Crippen LogP contribution >= 0.6 is 0 Å². The van der Waals surface area contributed by atoms with Crippen molar-refractivity contribution < 1.29 is 0 Å². The normalized spacial score (nSPS) is 22.4. The van der Waals surface area contributed by atoms with Crippen LogP contribution in [0.5, 0.6) is 0 Å². The first-order valence-corrected chi connectivity index (χ1v) is 9.57. The van der Waals surface area contributed by atoms with Crippen LogP contribution in [0, 0.1) is 18.8 Å². The van der Waals surface area contributed by atoms with Gasteiger partial charge in [0.25, 0.3) is 0 Å². The van der Waals surface area contributed by atoms with Crippen molar-refractivity contribution in [2.24, 2.45) is 11.8 Å². The van der Waals surface area contributed by atoms with Crippen LogP contribution in [0.15, 0.2) is 42.9 Å². The minimum absolute atomic E-state index is 0.837. The largest absolute Gasteiger partial charge is 0.356 e. The standard InChI is InChI=1S/C21H28N4/c1-17-4-5-21(23-13-17)25-12-8-20(16-25)19-6-10-24(11-7-19)15-18-3-2-9-22-14-18/h2-5,9,13-14,19-20H,6-8,10-12,15-16H2,1H3. The van der Waals surface area contributed by atoms with Gasteiger partial charge in [-0.1, -0.05) is 12.1 Å². The van der Waals surface area contributed by atoms with Crippen molar-refractivity contribution in [1.82, 2.24) is 14.9 Å². The van der Waals surface area contributed by atoms with Crippen LogP contribution in [0.1, 0.15) is 30.4 Å². The van der Waals surface area contributed by atoms with Gasteiger partial charge in [0.15, 0.2) is 0 Å². The molecule has 1 atom stereocenters. The number of nitrogens with zero attached hydrogens (tertiary/aromatic N) is 4. The molecule has 0 aromatic carbocycles. The first kappa shape index (κ1) is 16.5. The van der Waals surface area contributed by atoms with Gasteiger partial charge < -0.3 is 4.90 Å². The van der Waals surface area contributed by atoms with E-state index in [-0.39, 0.29) is 0 Å². The highest BCUT2D eigenvalue weighted by Gasteiger charge is 2.32. The van der Waals surface area contributed by atoms with Crippen molar-refractivity contribution in [1.29, 1.82) is 0 Å². The van der Waals surface area contributed by atoms with Gasteiger partial charge in [-0.05, 0) is 74.4 Å². The topological polar surface area (TPSA) is 32.3 Å². The molecular weight excluding hydrogens is 308 g/mol. The third-order valence-corrected chi connectivity index (χ3v) is 5.87. The molecule has 0 radical (unpaired) electrons. The molecule has 0 aliphatic carbocycles. The number of aryl methyl sites for hydroxylation is 1. The number of hydrogen-bond acceptors (Lipinski definition) is 4. The number of aromatic nitrogens is 2. The van der Waals surface area contributed by atoms with Gasteiger partial charge in [-0.2, -0.15) is 0 Å². The van der Waals surface area contributed by atoms with E-state index in [0.717, 1.165) is 30.7 Å². The van der Waals surface area contributed by atoms with Crippen LogP contribution < -0.4 is 4.90 Å². The van der Waals surface area contributed by atoms with Crippen molar-refractivity contribution in [3.05, 3.63) is 54.0 Å². The molecule has 0 N–H and O–H groups in total. The number of pyridine rings is 2. The molecule has 1 unspecified atom stereocenters. The van der Waals surface area contributed by atoms with Crippen molar-refractivity contribution in [2.75, 3.05) is 31.1 Å². The van der Waals surface area contributed by atoms with Crippen LogP contribution in [0.3, 0.4) is 0 Å². The van der Waals surface area contributed by atoms with Gasteiger partial charge in [0, 0.05) is 38.2 Å². The molecule has 0 spiro atoms. The summed E-state index contributed by atoms with van der Waals surface area (Å²) >= 11 is 0. The Morgan fingerprint density at radius 2 is 1.84 bits per heavy atom. The molecule has 4 nitrogen and oxygen atoms in total. The highest BCUT2D eigenvalue weighted by molar-refractivity contribution is 5.40. The summed E-state index contributed by atoms with van der Waals surface area (Å²) in [5.41, 5.74) is 2.57. The van der Waals surface area contributed by atoms with Crippen LogP contribution in [-0.2, 0) is 6.54 Å². The van der Waals surface area contributed by atoms with Gasteiger partial charge >= 0.3 is 0 Å². The second-order valence-electron chi connectivity index (χ2n) is 7.66. The first-order valence-electron chi connectivity index (χ1n) is 9.57. The summed E-state index contributed by atoms with van der Waals surface area (Å²) in [4.78, 5) is 13.9. The fraction of sp³-hybridized carbons (Fsp3) is 0.524. The minimum atomic E-state index is 0.837. The van der Waals surface area contributed by atoms with Crippen LogP contribution in [0.25, 0.3) is 0 Å². The smallest absolute Gasteiger partial charge is 0.128 e. The molecular formula is C21H28N4. The van der Waals surface area contributed by atoms with E-state index >= 15 is 0 Å². The summed E-state index contributed by atoms with van der Waals surface area (Å²) in [5, 5.41) is 0. The Hall–Kier alpha value is -1.94. The molecule has 2 saturated heterocycles. The van der Waals surface area contributed by atoms with Crippen molar-refractivity contribution in [3.8, 4) is 0 Å². The van der Waals surface area contributed by atoms with Gasteiger partial charge in [-0.25, -0.2) is 4.98 Å². The van der Waals surface area contributed by atoms with E-state index in [1.54, 1.807) is 0 Å². The zero-order chi connectivity index (χ0) is 17.1. The van der Waals surface area contributed by atoms with Gasteiger partial charge in [-0.15, -0.1) is 0 Å². The lowest BCUT2D eigenvalue weighted by Crippen LogP contribution is -2.36. The Labute approximate surface area is 150 Å². The molecule has 2 aromatic heterocycles. The van der Waals surface area contributed by atoms with E-state index in [1.807, 2.05) is 24.7 Å². The summed E-state index contributed by atoms with van der Waals surface area (Å²) in [6.07, 6.45) is 9.82. The van der Waals surface area contributed by atoms with E-state index < -0.39 is 0 Å². The number of hydrogen-bond donors (Lipinski definition) is 0. The molecule has 0 saturated carbocycles. The van der Waals surface area contributed by atoms with Crippen molar-refractivity contribution in [2.45, 2.75) is 32.7 Å². The zero-order valence-corrected chi connectivity index (χ0v) is 15.1. The van der Waals surface area contributed by atoms with Crippen LogP contribution in [-0.4, -0.2) is 41.0 Å². The average Bonchev–Trinajstić information content (AvgIpc) is 3.14. The fourth-order valence-corrected chi connectivity index (χ4v) is 4.36. The van der Waals surface area contributed by atoms with Gasteiger partial charge in [-0.3, -0.25) is 9.88 Å². The van der Waals surface area contributed by atoms with E-state index in [0.29, 0.717) is 0 Å². The number of rotatable bonds is 4. The fourth-order valence-electron chi connectivity index (χ4n) is 4.36. The monoisotopic (exact) mass is 336 g/mol. The Morgan fingerprint density at radius 3 is 2.56 bits per heavy atom. The Balaban J connectivity index is 1.28. The minimum Gasteiger partial charge on any atom is -0.356 e. The SMILES string of the molecule is Cc1ccc(N2CCC(C3CCN(Cc4cccnc4)CC3)C2)nc1. The van der Waals surface area contributed by atoms with Crippen LogP contribution in [0.2, 0.25) is 0 Å². The summed E-state index contributed by atoms with van der Waals surface area (Å²) in [5.74, 6) is 2.87. The summed E-state index contributed by atoms with van der Waals surface area (Å²) < 4.78 is 0. The maximum Gasteiger partial charge on any atom is 0.128 e. The third-order valence-electron chi connectivity index (χ3n) is 5.87. The molecule has 25 heavy (non-hydrogen) atoms. The second kappa shape index (κ2) is 7.52. The van der Waals surface area contributed by atoms with E-state index in [9.17, 15) is 0 Å². The van der Waals surface area contributed by atoms with Crippen molar-refractivity contribution >= 4 is 5.82 Å². The molecule has 4 heterocycles. The van der Waals surface area contributed by atoms with Gasteiger partial charge in [0.05, 0.1) is 0 Å². The highest BCUT2D eigenvalue weighted by atomic mass is 15.2. The predicted molar refractivity (Wildman–Crippen MR) is 102 cm³/mol. The Bertz CT molecular complexity index is 662. The Morgan fingerprint density at radius 1 is 1.00 bits per heavy atom. The zero-order valence-electron chi connectivity index (χ0n) is 15.1. The summed E-state index contributed by atoms with van der Waals surface area (Å²) in [7, 11) is 0. The summed E-state index contributed by atoms with van der Waals surface area (Å²) in [6, 6.07) is 8.57. The van der Waals surface area contributed by atoms with E-state index in [1.165, 1.54) is 50.0 Å². The number of piperidine rings is 1. The number of anilines is 1. The van der Waals surface area contributed by atoms with Gasteiger partial charge in [0.2, 0.25) is 0 Å². The molecule has 2 aliphatic rings. The van der Waals surface area contributed by atoms with E-state index in [4.69, 9.17) is 0 Å². The molecule has 2 fully saturated rings. The Kier molecular flexibility index (Phi) is 4.97. The maximum absolute atomic E-state index is 4.61.